The molecule has 6 nitrogen and oxygen atoms in total. The molecule has 0 unspecified atom stereocenters. The zero-order valence-corrected chi connectivity index (χ0v) is 14.6. The van der Waals surface area contributed by atoms with Gasteiger partial charge in [-0.3, -0.25) is 14.1 Å². The molecule has 3 aromatic rings. The van der Waals surface area contributed by atoms with Gasteiger partial charge in [-0.05, 0) is 0 Å². The lowest BCUT2D eigenvalue weighted by molar-refractivity contribution is 0.622. The summed E-state index contributed by atoms with van der Waals surface area (Å²) >= 11 is 1.50. The fourth-order valence-corrected chi connectivity index (χ4v) is 4.55. The molecule has 4 rings (SSSR count). The smallest absolute Gasteiger partial charge is 0.328 e. The molecule has 2 N–H and O–H groups in total. The molecule has 0 fully saturated rings. The minimum absolute atomic E-state index is 0.0957. The summed E-state index contributed by atoms with van der Waals surface area (Å²) in [6.45, 7) is 0.547. The van der Waals surface area contributed by atoms with Crippen molar-refractivity contribution in [3.05, 3.63) is 40.3 Å². The molecule has 1 aliphatic heterocycles. The van der Waals surface area contributed by atoms with E-state index in [4.69, 9.17) is 5.41 Å². The summed E-state index contributed by atoms with van der Waals surface area (Å²) in [4.78, 5) is 17.7. The van der Waals surface area contributed by atoms with Crippen molar-refractivity contribution in [3.63, 3.8) is 0 Å². The van der Waals surface area contributed by atoms with Crippen LogP contribution < -0.4 is 11.0 Å². The minimum Gasteiger partial charge on any atom is -0.393 e. The maximum absolute atomic E-state index is 14.9. The molecule has 0 bridgehead atoms. The lowest BCUT2D eigenvalue weighted by atomic mass is 10.0. The normalized spacial score (nSPS) is 14.3. The Labute approximate surface area is 146 Å². The molecule has 0 radical (unpaired) electrons. The molecule has 25 heavy (non-hydrogen) atoms. The van der Waals surface area contributed by atoms with E-state index in [9.17, 15) is 9.18 Å². The standard InChI is InChI=1S/C17H16FN5OS/c1-20-7-9(6-19)13-10(18)5-11-14-15-12(8-21-11)22(2)17(24)23(15)3-4-25-16(13)14/h5-8,19-20H,3-4H2,1-2H3/b9-7+,19-6?. The van der Waals surface area contributed by atoms with Gasteiger partial charge in [-0.25, -0.2) is 9.18 Å². The quantitative estimate of drug-likeness (QED) is 0.706. The Kier molecular flexibility index (Phi) is 3.64. The Hall–Kier alpha value is -2.61. The van der Waals surface area contributed by atoms with Gasteiger partial charge in [0, 0.05) is 66.3 Å². The second-order valence-corrected chi connectivity index (χ2v) is 6.93. The first-order valence-corrected chi connectivity index (χ1v) is 8.78. The zero-order chi connectivity index (χ0) is 17.7. The first-order valence-electron chi connectivity index (χ1n) is 7.80. The van der Waals surface area contributed by atoms with Crippen molar-refractivity contribution in [2.75, 3.05) is 12.8 Å². The van der Waals surface area contributed by atoms with Crippen LogP contribution in [-0.2, 0) is 13.6 Å². The van der Waals surface area contributed by atoms with Crippen LogP contribution in [-0.4, -0.2) is 33.1 Å². The van der Waals surface area contributed by atoms with Gasteiger partial charge in [-0.15, -0.1) is 11.8 Å². The molecule has 2 aromatic heterocycles. The van der Waals surface area contributed by atoms with Crippen LogP contribution in [0.2, 0.25) is 0 Å². The van der Waals surface area contributed by atoms with Crippen LogP contribution in [0.25, 0.3) is 27.5 Å². The maximum atomic E-state index is 14.9. The van der Waals surface area contributed by atoms with Crippen molar-refractivity contribution in [2.45, 2.75) is 11.4 Å². The van der Waals surface area contributed by atoms with E-state index in [1.54, 1.807) is 35.6 Å². The van der Waals surface area contributed by atoms with Crippen molar-refractivity contribution in [3.8, 4) is 0 Å². The van der Waals surface area contributed by atoms with Crippen LogP contribution in [0.5, 0.6) is 0 Å². The van der Waals surface area contributed by atoms with E-state index in [1.165, 1.54) is 17.8 Å². The predicted octanol–water partition coefficient (Wildman–Crippen LogP) is 2.34. The van der Waals surface area contributed by atoms with Crippen molar-refractivity contribution >= 4 is 45.5 Å². The average Bonchev–Trinajstić information content (AvgIpc) is 2.75. The van der Waals surface area contributed by atoms with Crippen molar-refractivity contribution < 1.29 is 4.39 Å². The van der Waals surface area contributed by atoms with Crippen LogP contribution in [0, 0.1) is 11.2 Å². The lowest BCUT2D eigenvalue weighted by Crippen LogP contribution is -2.22. The van der Waals surface area contributed by atoms with Gasteiger partial charge in [0.2, 0.25) is 0 Å². The number of halogens is 1. The van der Waals surface area contributed by atoms with Crippen LogP contribution >= 0.6 is 11.8 Å². The number of nitrogens with one attached hydrogen (secondary N) is 2. The van der Waals surface area contributed by atoms with E-state index in [0.717, 1.165) is 27.5 Å². The highest BCUT2D eigenvalue weighted by Crippen LogP contribution is 2.40. The van der Waals surface area contributed by atoms with Gasteiger partial charge in [0.25, 0.3) is 0 Å². The number of benzene rings is 1. The van der Waals surface area contributed by atoms with Crippen molar-refractivity contribution in [2.24, 2.45) is 7.05 Å². The van der Waals surface area contributed by atoms with Crippen molar-refractivity contribution in [1.29, 1.82) is 5.41 Å². The number of thioether (sulfide) groups is 1. The number of allylic oxidation sites excluding steroid dienone is 1. The number of aryl methyl sites for hydroxylation is 2. The zero-order valence-electron chi connectivity index (χ0n) is 13.8. The second-order valence-electron chi connectivity index (χ2n) is 5.82. The molecule has 0 saturated heterocycles. The highest BCUT2D eigenvalue weighted by molar-refractivity contribution is 7.99. The van der Waals surface area contributed by atoms with E-state index in [0.29, 0.717) is 29.0 Å². The monoisotopic (exact) mass is 357 g/mol. The van der Waals surface area contributed by atoms with E-state index in [1.807, 2.05) is 0 Å². The summed E-state index contributed by atoms with van der Waals surface area (Å²) in [5.41, 5.74) is 2.77. The summed E-state index contributed by atoms with van der Waals surface area (Å²) in [5, 5.41) is 11.3. The van der Waals surface area contributed by atoms with Crippen LogP contribution in [0.1, 0.15) is 5.56 Å². The van der Waals surface area contributed by atoms with Gasteiger partial charge in [0.05, 0.1) is 22.7 Å². The third-order valence-electron chi connectivity index (χ3n) is 4.47. The van der Waals surface area contributed by atoms with Gasteiger partial charge in [0.15, 0.2) is 0 Å². The van der Waals surface area contributed by atoms with Crippen molar-refractivity contribution in [1.82, 2.24) is 19.4 Å². The largest absolute Gasteiger partial charge is 0.393 e. The number of nitrogens with zero attached hydrogens (tertiary/aromatic N) is 3. The molecule has 1 aromatic carbocycles. The Morgan fingerprint density at radius 3 is 3.04 bits per heavy atom. The average molecular weight is 357 g/mol. The molecule has 0 atom stereocenters. The van der Waals surface area contributed by atoms with Gasteiger partial charge < -0.3 is 10.7 Å². The number of hydrogen-bond acceptors (Lipinski definition) is 5. The third-order valence-corrected chi connectivity index (χ3v) is 5.56. The molecule has 128 valence electrons. The summed E-state index contributed by atoms with van der Waals surface area (Å²) < 4.78 is 18.2. The van der Waals surface area contributed by atoms with Crippen LogP contribution in [0.3, 0.4) is 0 Å². The number of imidazole rings is 1. The summed E-state index contributed by atoms with van der Waals surface area (Å²) in [5.74, 6) is 0.225. The molecular formula is C17H16FN5OS. The van der Waals surface area contributed by atoms with Crippen LogP contribution in [0.4, 0.5) is 4.39 Å². The molecule has 3 heterocycles. The minimum atomic E-state index is -0.418. The number of hydrogen-bond donors (Lipinski definition) is 2. The molecule has 0 saturated carbocycles. The number of rotatable bonds is 3. The van der Waals surface area contributed by atoms with E-state index in [2.05, 4.69) is 10.3 Å². The SMILES string of the molecule is CN/C=C(\C=N)c1c(F)cc2ncc3c4c2c1SCCn4c(=O)n3C. The summed E-state index contributed by atoms with van der Waals surface area (Å²) in [7, 11) is 3.43. The number of pyridine rings is 1. The van der Waals surface area contributed by atoms with Gasteiger partial charge in [-0.1, -0.05) is 0 Å². The predicted molar refractivity (Wildman–Crippen MR) is 99.0 cm³/mol. The highest BCUT2D eigenvalue weighted by atomic mass is 32.2. The Morgan fingerprint density at radius 1 is 1.52 bits per heavy atom. The first kappa shape index (κ1) is 15.9. The second kappa shape index (κ2) is 5.73. The van der Waals surface area contributed by atoms with Gasteiger partial charge in [-0.2, -0.15) is 0 Å². The van der Waals surface area contributed by atoms with E-state index in [-0.39, 0.29) is 5.69 Å². The molecule has 0 aliphatic carbocycles. The van der Waals surface area contributed by atoms with Gasteiger partial charge >= 0.3 is 5.69 Å². The molecule has 8 heteroatoms. The lowest BCUT2D eigenvalue weighted by Gasteiger charge is -2.13. The topological polar surface area (TPSA) is 75.7 Å². The molecular weight excluding hydrogens is 341 g/mol. The van der Waals surface area contributed by atoms with Crippen LogP contribution in [0.15, 0.2) is 28.2 Å². The molecule has 0 spiro atoms. The fourth-order valence-electron chi connectivity index (χ4n) is 3.36. The first-order chi connectivity index (χ1) is 12.1. The fraction of sp³-hybridized carbons (Fsp3) is 0.235. The van der Waals surface area contributed by atoms with Gasteiger partial charge in [0.1, 0.15) is 5.82 Å². The Bertz CT molecular complexity index is 1130. The molecule has 0 amide bonds. The van der Waals surface area contributed by atoms with E-state index < -0.39 is 5.82 Å². The summed E-state index contributed by atoms with van der Waals surface area (Å²) in [6.07, 6.45) is 4.36. The van der Waals surface area contributed by atoms with E-state index >= 15 is 0 Å². The number of aromatic nitrogens is 3. The highest BCUT2D eigenvalue weighted by Gasteiger charge is 2.25. The summed E-state index contributed by atoms with van der Waals surface area (Å²) in [6, 6.07) is 1.38. The Balaban J connectivity index is 2.25. The third kappa shape index (κ3) is 2.13. The Morgan fingerprint density at radius 2 is 2.32 bits per heavy atom. The maximum Gasteiger partial charge on any atom is 0.328 e. The molecule has 1 aliphatic rings.